The van der Waals surface area contributed by atoms with Crippen LogP contribution in [0.4, 0.5) is 10.1 Å². The van der Waals surface area contributed by atoms with Gasteiger partial charge in [-0.05, 0) is 30.4 Å². The van der Waals surface area contributed by atoms with Crippen LogP contribution in [-0.2, 0) is 6.54 Å². The molecule has 4 rings (SSSR count). The van der Waals surface area contributed by atoms with Crippen molar-refractivity contribution < 1.29 is 9.18 Å². The van der Waals surface area contributed by atoms with Crippen LogP contribution in [0.2, 0.25) is 0 Å². The number of anilines is 1. The van der Waals surface area contributed by atoms with Crippen LogP contribution < -0.4 is 5.32 Å². The molecule has 1 atom stereocenters. The van der Waals surface area contributed by atoms with E-state index in [1.807, 2.05) is 84.4 Å². The van der Waals surface area contributed by atoms with Gasteiger partial charge in [0, 0.05) is 34.7 Å². The fraction of sp³-hybridized carbons (Fsp3) is 0.208. The molecule has 28 heavy (non-hydrogen) atoms. The highest BCUT2D eigenvalue weighted by Gasteiger charge is 2.16. The number of aryl methyl sites for hydroxylation is 1. The van der Waals surface area contributed by atoms with Crippen molar-refractivity contribution in [2.75, 3.05) is 5.32 Å². The fourth-order valence-electron chi connectivity index (χ4n) is 3.62. The lowest BCUT2D eigenvalue weighted by Gasteiger charge is -2.08. The predicted molar refractivity (Wildman–Crippen MR) is 114 cm³/mol. The number of para-hydroxylation sites is 1. The number of halogens is 1. The third-order valence-corrected chi connectivity index (χ3v) is 5.20. The van der Waals surface area contributed by atoms with Gasteiger partial charge in [0.1, 0.15) is 6.17 Å². The van der Waals surface area contributed by atoms with Crippen LogP contribution in [0.1, 0.15) is 30.1 Å². The average Bonchev–Trinajstić information content (AvgIpc) is 3.11. The molecule has 1 heterocycles. The minimum Gasteiger partial charge on any atom is -0.347 e. The third kappa shape index (κ3) is 3.50. The Balaban J connectivity index is 1.67. The number of fused-ring (bicyclic) bond motifs is 2. The molecule has 1 aromatic heterocycles. The molecule has 0 spiro atoms. The number of amides is 1. The van der Waals surface area contributed by atoms with Gasteiger partial charge in [0.25, 0.3) is 5.91 Å². The van der Waals surface area contributed by atoms with E-state index in [-0.39, 0.29) is 5.91 Å². The molecule has 3 nitrogen and oxygen atoms in total. The molecule has 0 bridgehead atoms. The van der Waals surface area contributed by atoms with Crippen molar-refractivity contribution in [2.24, 2.45) is 0 Å². The molecule has 4 heteroatoms. The molecule has 0 radical (unpaired) electrons. The van der Waals surface area contributed by atoms with Gasteiger partial charge >= 0.3 is 0 Å². The van der Waals surface area contributed by atoms with Crippen LogP contribution in [0.25, 0.3) is 21.7 Å². The molecule has 1 N–H and O–H groups in total. The van der Waals surface area contributed by atoms with Crippen LogP contribution in [0.3, 0.4) is 0 Å². The first-order valence-electron chi connectivity index (χ1n) is 9.68. The second-order valence-electron chi connectivity index (χ2n) is 7.03. The lowest BCUT2D eigenvalue weighted by Crippen LogP contribution is -2.12. The summed E-state index contributed by atoms with van der Waals surface area (Å²) in [5, 5.41) is 6.02. The summed E-state index contributed by atoms with van der Waals surface area (Å²) in [7, 11) is 0. The van der Waals surface area contributed by atoms with E-state index in [0.717, 1.165) is 27.4 Å². The molecule has 0 aliphatic rings. The lowest BCUT2D eigenvalue weighted by molar-refractivity contribution is 0.102. The van der Waals surface area contributed by atoms with E-state index in [9.17, 15) is 9.18 Å². The quantitative estimate of drug-likeness (QED) is 0.429. The number of aromatic nitrogens is 1. The maximum atomic E-state index is 13.7. The molecular weight excluding hydrogens is 351 g/mol. The van der Waals surface area contributed by atoms with E-state index < -0.39 is 6.17 Å². The zero-order valence-electron chi connectivity index (χ0n) is 15.9. The Hall–Kier alpha value is -3.14. The summed E-state index contributed by atoms with van der Waals surface area (Å²) in [4.78, 5) is 13.1. The molecule has 0 saturated carbocycles. The Morgan fingerprint density at radius 2 is 1.71 bits per heavy atom. The Morgan fingerprint density at radius 1 is 1.00 bits per heavy atom. The molecule has 0 saturated heterocycles. The Bertz CT molecular complexity index is 1130. The number of carbonyl (C=O) groups excluding carboxylic acids is 1. The third-order valence-electron chi connectivity index (χ3n) is 5.20. The Labute approximate surface area is 163 Å². The number of nitrogens with zero attached hydrogens (tertiary/aromatic N) is 1. The first-order chi connectivity index (χ1) is 13.7. The smallest absolute Gasteiger partial charge is 0.257 e. The van der Waals surface area contributed by atoms with E-state index in [0.29, 0.717) is 24.9 Å². The first kappa shape index (κ1) is 18.2. The highest BCUT2D eigenvalue weighted by Crippen LogP contribution is 2.26. The first-order valence-corrected chi connectivity index (χ1v) is 9.68. The molecule has 1 amide bonds. The molecule has 0 fully saturated rings. The topological polar surface area (TPSA) is 34.0 Å². The Kier molecular flexibility index (Phi) is 5.11. The summed E-state index contributed by atoms with van der Waals surface area (Å²) in [5.41, 5.74) is 2.35. The van der Waals surface area contributed by atoms with Gasteiger partial charge in [0.05, 0.1) is 5.56 Å². The van der Waals surface area contributed by atoms with Crippen molar-refractivity contribution in [2.45, 2.75) is 32.5 Å². The number of rotatable bonds is 6. The summed E-state index contributed by atoms with van der Waals surface area (Å²) in [6.45, 7) is 2.40. The fourth-order valence-corrected chi connectivity index (χ4v) is 3.62. The van der Waals surface area contributed by atoms with Crippen LogP contribution in [0.15, 0.2) is 72.9 Å². The highest BCUT2D eigenvalue weighted by atomic mass is 19.1. The van der Waals surface area contributed by atoms with Crippen LogP contribution in [0.5, 0.6) is 0 Å². The van der Waals surface area contributed by atoms with E-state index in [4.69, 9.17) is 0 Å². The van der Waals surface area contributed by atoms with Gasteiger partial charge in [-0.1, -0.05) is 61.5 Å². The van der Waals surface area contributed by atoms with Crippen molar-refractivity contribution in [3.05, 3.63) is 78.5 Å². The van der Waals surface area contributed by atoms with Crippen molar-refractivity contribution in [1.82, 2.24) is 4.57 Å². The zero-order chi connectivity index (χ0) is 19.5. The van der Waals surface area contributed by atoms with Gasteiger partial charge in [-0.2, -0.15) is 0 Å². The van der Waals surface area contributed by atoms with Crippen LogP contribution in [0, 0.1) is 0 Å². The van der Waals surface area contributed by atoms with E-state index in [2.05, 4.69) is 5.32 Å². The molecule has 3 aromatic carbocycles. The molecule has 0 aliphatic heterocycles. The van der Waals surface area contributed by atoms with Gasteiger partial charge in [0.15, 0.2) is 0 Å². The predicted octanol–water partition coefficient (Wildman–Crippen LogP) is 6.19. The number of benzene rings is 3. The largest absolute Gasteiger partial charge is 0.347 e. The van der Waals surface area contributed by atoms with E-state index >= 15 is 0 Å². The SMILES string of the molecule is CC[C@@H](F)CCn1cc(C(=O)Nc2cccc3ccccc23)c2ccccc21. The maximum absolute atomic E-state index is 13.7. The molecule has 0 aliphatic carbocycles. The standard InChI is InChI=1S/C24H23FN2O/c1-2-18(25)14-15-27-16-21(20-11-5-6-13-23(20)27)24(28)26-22-12-7-9-17-8-3-4-10-19(17)22/h3-13,16,18H,2,14-15H2,1H3,(H,26,28)/t18-/m1/s1. The minimum atomic E-state index is -0.825. The number of alkyl halides is 1. The summed E-state index contributed by atoms with van der Waals surface area (Å²) in [6.07, 6.45) is 1.97. The normalized spacial score (nSPS) is 12.4. The maximum Gasteiger partial charge on any atom is 0.257 e. The summed E-state index contributed by atoms with van der Waals surface area (Å²) in [5.74, 6) is -0.154. The number of hydrogen-bond donors (Lipinski definition) is 1. The summed E-state index contributed by atoms with van der Waals surface area (Å²) >= 11 is 0. The van der Waals surface area contributed by atoms with Crippen molar-refractivity contribution in [3.63, 3.8) is 0 Å². The summed E-state index contributed by atoms with van der Waals surface area (Å²) in [6, 6.07) is 21.6. The molecule has 142 valence electrons. The molecule has 0 unspecified atom stereocenters. The number of nitrogens with one attached hydrogen (secondary N) is 1. The average molecular weight is 374 g/mol. The number of carbonyl (C=O) groups is 1. The van der Waals surface area contributed by atoms with Gasteiger partial charge in [0.2, 0.25) is 0 Å². The van der Waals surface area contributed by atoms with Crippen molar-refractivity contribution in [3.8, 4) is 0 Å². The van der Waals surface area contributed by atoms with Gasteiger partial charge in [-0.3, -0.25) is 4.79 Å². The van der Waals surface area contributed by atoms with E-state index in [1.165, 1.54) is 0 Å². The zero-order valence-corrected chi connectivity index (χ0v) is 15.9. The minimum absolute atomic E-state index is 0.154. The van der Waals surface area contributed by atoms with Crippen LogP contribution in [-0.4, -0.2) is 16.6 Å². The van der Waals surface area contributed by atoms with Crippen molar-refractivity contribution >= 4 is 33.3 Å². The summed E-state index contributed by atoms with van der Waals surface area (Å²) < 4.78 is 15.7. The van der Waals surface area contributed by atoms with E-state index in [1.54, 1.807) is 0 Å². The highest BCUT2D eigenvalue weighted by molar-refractivity contribution is 6.15. The van der Waals surface area contributed by atoms with Gasteiger partial charge in [-0.15, -0.1) is 0 Å². The monoisotopic (exact) mass is 374 g/mol. The van der Waals surface area contributed by atoms with Gasteiger partial charge in [-0.25, -0.2) is 4.39 Å². The molecule has 4 aromatic rings. The van der Waals surface area contributed by atoms with Crippen molar-refractivity contribution in [1.29, 1.82) is 0 Å². The second kappa shape index (κ2) is 7.85. The Morgan fingerprint density at radius 3 is 2.54 bits per heavy atom. The lowest BCUT2D eigenvalue weighted by atomic mass is 10.1. The second-order valence-corrected chi connectivity index (χ2v) is 7.03. The van der Waals surface area contributed by atoms with Crippen LogP contribution >= 0.6 is 0 Å². The number of hydrogen-bond acceptors (Lipinski definition) is 1. The molecular formula is C24H23FN2O. The van der Waals surface area contributed by atoms with Gasteiger partial charge < -0.3 is 9.88 Å².